The fourth-order valence-corrected chi connectivity index (χ4v) is 2.33. The maximum Gasteiger partial charge on any atom is 0.0109 e. The third-order valence-corrected chi connectivity index (χ3v) is 3.76. The van der Waals surface area contributed by atoms with Crippen molar-refractivity contribution in [2.75, 3.05) is 0 Å². The van der Waals surface area contributed by atoms with Crippen molar-refractivity contribution in [3.8, 4) is 0 Å². The number of hydrogen-bond acceptors (Lipinski definition) is 0. The van der Waals surface area contributed by atoms with Crippen LogP contribution in [-0.2, 0) is 11.8 Å². The SMILES string of the molecule is C=C1Cc2ccc(C(C)C)cc2C1(C)C. The van der Waals surface area contributed by atoms with Gasteiger partial charge in [0.1, 0.15) is 0 Å². The maximum absolute atomic E-state index is 4.20. The summed E-state index contributed by atoms with van der Waals surface area (Å²) in [5, 5.41) is 0. The quantitative estimate of drug-likeness (QED) is 0.596. The van der Waals surface area contributed by atoms with E-state index in [1.807, 2.05) is 0 Å². The number of rotatable bonds is 1. The molecule has 15 heavy (non-hydrogen) atoms. The van der Waals surface area contributed by atoms with Crippen molar-refractivity contribution in [3.05, 3.63) is 47.0 Å². The van der Waals surface area contributed by atoms with Crippen LogP contribution in [0.25, 0.3) is 0 Å². The second kappa shape index (κ2) is 3.23. The van der Waals surface area contributed by atoms with Gasteiger partial charge in [-0.25, -0.2) is 0 Å². The Morgan fingerprint density at radius 3 is 2.53 bits per heavy atom. The summed E-state index contributed by atoms with van der Waals surface area (Å²) in [5.41, 5.74) is 5.91. The van der Waals surface area contributed by atoms with Crippen molar-refractivity contribution in [2.24, 2.45) is 0 Å². The molecule has 0 saturated heterocycles. The van der Waals surface area contributed by atoms with Gasteiger partial charge in [0.2, 0.25) is 0 Å². The standard InChI is InChI=1S/C15H20/c1-10(2)12-6-7-13-8-11(3)15(4,5)14(13)9-12/h6-7,9-10H,3,8H2,1-2,4-5H3. The number of benzene rings is 1. The lowest BCUT2D eigenvalue weighted by Crippen LogP contribution is -2.14. The highest BCUT2D eigenvalue weighted by Crippen LogP contribution is 2.42. The molecule has 0 fully saturated rings. The Hall–Kier alpha value is -1.04. The lowest BCUT2D eigenvalue weighted by molar-refractivity contribution is 0.645. The first-order chi connectivity index (χ1) is 6.93. The zero-order chi connectivity index (χ0) is 11.2. The molecule has 80 valence electrons. The molecule has 0 atom stereocenters. The minimum absolute atomic E-state index is 0.167. The van der Waals surface area contributed by atoms with Crippen molar-refractivity contribution in [2.45, 2.75) is 45.4 Å². The number of allylic oxidation sites excluding steroid dienone is 1. The topological polar surface area (TPSA) is 0 Å². The van der Waals surface area contributed by atoms with Gasteiger partial charge in [0.15, 0.2) is 0 Å². The first kappa shape index (κ1) is 10.5. The van der Waals surface area contributed by atoms with Crippen LogP contribution in [0.2, 0.25) is 0 Å². The minimum Gasteiger partial charge on any atom is -0.0986 e. The third kappa shape index (κ3) is 1.52. The van der Waals surface area contributed by atoms with E-state index >= 15 is 0 Å². The van der Waals surface area contributed by atoms with Gasteiger partial charge in [0, 0.05) is 5.41 Å². The van der Waals surface area contributed by atoms with E-state index in [2.05, 4.69) is 52.5 Å². The van der Waals surface area contributed by atoms with E-state index < -0.39 is 0 Å². The lowest BCUT2D eigenvalue weighted by atomic mass is 9.82. The van der Waals surface area contributed by atoms with Gasteiger partial charge in [-0.3, -0.25) is 0 Å². The molecular formula is C15H20. The average molecular weight is 200 g/mol. The Balaban J connectivity index is 2.55. The molecule has 2 rings (SSSR count). The molecule has 0 spiro atoms. The number of hydrogen-bond donors (Lipinski definition) is 0. The van der Waals surface area contributed by atoms with Gasteiger partial charge < -0.3 is 0 Å². The first-order valence-electron chi connectivity index (χ1n) is 5.74. The Kier molecular flexibility index (Phi) is 2.26. The van der Waals surface area contributed by atoms with Crippen LogP contribution in [0.4, 0.5) is 0 Å². The largest absolute Gasteiger partial charge is 0.0986 e. The summed E-state index contributed by atoms with van der Waals surface area (Å²) in [4.78, 5) is 0. The molecular weight excluding hydrogens is 180 g/mol. The molecule has 0 saturated carbocycles. The van der Waals surface area contributed by atoms with E-state index in [1.165, 1.54) is 22.3 Å². The monoisotopic (exact) mass is 200 g/mol. The van der Waals surface area contributed by atoms with E-state index in [9.17, 15) is 0 Å². The van der Waals surface area contributed by atoms with Crippen LogP contribution in [0.15, 0.2) is 30.4 Å². The fraction of sp³-hybridized carbons (Fsp3) is 0.467. The van der Waals surface area contributed by atoms with Gasteiger partial charge in [-0.15, -0.1) is 0 Å². The van der Waals surface area contributed by atoms with Crippen LogP contribution in [0.3, 0.4) is 0 Å². The van der Waals surface area contributed by atoms with E-state index in [-0.39, 0.29) is 5.41 Å². The zero-order valence-corrected chi connectivity index (χ0v) is 10.2. The smallest absolute Gasteiger partial charge is 0.0109 e. The Labute approximate surface area is 93.0 Å². The summed E-state index contributed by atoms with van der Waals surface area (Å²) in [6.45, 7) is 13.3. The van der Waals surface area contributed by atoms with E-state index in [0.717, 1.165) is 6.42 Å². The molecule has 1 aromatic rings. The summed E-state index contributed by atoms with van der Waals surface area (Å²) in [6.07, 6.45) is 1.06. The lowest BCUT2D eigenvalue weighted by Gasteiger charge is -2.22. The molecule has 0 aliphatic heterocycles. The van der Waals surface area contributed by atoms with Crippen molar-refractivity contribution < 1.29 is 0 Å². The highest BCUT2D eigenvalue weighted by atomic mass is 14.4. The predicted molar refractivity (Wildman–Crippen MR) is 66.4 cm³/mol. The van der Waals surface area contributed by atoms with Gasteiger partial charge in [-0.1, -0.05) is 58.0 Å². The van der Waals surface area contributed by atoms with Crippen LogP contribution < -0.4 is 0 Å². The van der Waals surface area contributed by atoms with Crippen LogP contribution in [0, 0.1) is 0 Å². The van der Waals surface area contributed by atoms with Gasteiger partial charge in [0.25, 0.3) is 0 Å². The molecule has 0 bridgehead atoms. The Morgan fingerprint density at radius 1 is 1.27 bits per heavy atom. The van der Waals surface area contributed by atoms with E-state index in [4.69, 9.17) is 0 Å². The molecule has 0 unspecified atom stereocenters. The minimum atomic E-state index is 0.167. The Morgan fingerprint density at radius 2 is 1.93 bits per heavy atom. The predicted octanol–water partition coefficient (Wildman–Crippen LogP) is 4.20. The highest BCUT2D eigenvalue weighted by Gasteiger charge is 2.33. The molecule has 0 nitrogen and oxygen atoms in total. The molecule has 0 N–H and O–H groups in total. The summed E-state index contributed by atoms with van der Waals surface area (Å²) in [7, 11) is 0. The van der Waals surface area contributed by atoms with Crippen molar-refractivity contribution in [3.63, 3.8) is 0 Å². The molecule has 1 aliphatic carbocycles. The molecule has 1 aromatic carbocycles. The maximum atomic E-state index is 4.20. The van der Waals surface area contributed by atoms with Crippen LogP contribution in [-0.4, -0.2) is 0 Å². The van der Waals surface area contributed by atoms with E-state index in [0.29, 0.717) is 5.92 Å². The fourth-order valence-electron chi connectivity index (χ4n) is 2.33. The molecule has 0 heteroatoms. The zero-order valence-electron chi connectivity index (χ0n) is 10.2. The van der Waals surface area contributed by atoms with Crippen LogP contribution >= 0.6 is 0 Å². The van der Waals surface area contributed by atoms with Gasteiger partial charge >= 0.3 is 0 Å². The number of fused-ring (bicyclic) bond motifs is 1. The first-order valence-corrected chi connectivity index (χ1v) is 5.74. The van der Waals surface area contributed by atoms with Crippen LogP contribution in [0.1, 0.15) is 50.3 Å². The summed E-state index contributed by atoms with van der Waals surface area (Å²) in [6, 6.07) is 6.92. The summed E-state index contributed by atoms with van der Waals surface area (Å²) in [5.74, 6) is 0.611. The van der Waals surface area contributed by atoms with Crippen molar-refractivity contribution in [1.29, 1.82) is 0 Å². The van der Waals surface area contributed by atoms with Gasteiger partial charge in [-0.2, -0.15) is 0 Å². The molecule has 0 aromatic heterocycles. The third-order valence-electron chi connectivity index (χ3n) is 3.76. The molecule has 0 amide bonds. The Bertz CT molecular complexity index is 408. The van der Waals surface area contributed by atoms with Gasteiger partial charge in [0.05, 0.1) is 0 Å². The summed E-state index contributed by atoms with van der Waals surface area (Å²) >= 11 is 0. The highest BCUT2D eigenvalue weighted by molar-refractivity contribution is 5.50. The second-order valence-corrected chi connectivity index (χ2v) is 5.48. The van der Waals surface area contributed by atoms with Crippen molar-refractivity contribution in [1.82, 2.24) is 0 Å². The van der Waals surface area contributed by atoms with Crippen molar-refractivity contribution >= 4 is 0 Å². The normalized spacial score (nSPS) is 18.3. The van der Waals surface area contributed by atoms with Gasteiger partial charge in [-0.05, 0) is 29.0 Å². The molecule has 0 radical (unpaired) electrons. The summed E-state index contributed by atoms with van der Waals surface area (Å²) < 4.78 is 0. The average Bonchev–Trinajstić information content (AvgIpc) is 2.38. The molecule has 1 aliphatic rings. The van der Waals surface area contributed by atoms with Crippen LogP contribution in [0.5, 0.6) is 0 Å². The molecule has 0 heterocycles. The second-order valence-electron chi connectivity index (χ2n) is 5.48. The van der Waals surface area contributed by atoms with E-state index in [1.54, 1.807) is 0 Å².